The van der Waals surface area contributed by atoms with Crippen LogP contribution in [-0.4, -0.2) is 48.9 Å². The number of aliphatic imine (C=N–C) groups is 2. The molecule has 1 aliphatic rings. The number of carbonyl (C=O) groups is 1. The molecule has 0 aliphatic carbocycles. The molecule has 0 unspecified atom stereocenters. The maximum atomic E-state index is 12.0. The van der Waals surface area contributed by atoms with Crippen molar-refractivity contribution < 1.29 is 4.79 Å². The normalized spacial score (nSPS) is 15.2. The quantitative estimate of drug-likeness (QED) is 0.542. The van der Waals surface area contributed by atoms with Crippen LogP contribution in [0.4, 0.5) is 11.4 Å². The number of amides is 1. The van der Waals surface area contributed by atoms with Gasteiger partial charge in [-0.3, -0.25) is 4.79 Å². The molecule has 0 spiro atoms. The van der Waals surface area contributed by atoms with Gasteiger partial charge in [-0.2, -0.15) is 4.99 Å². The third-order valence-corrected chi connectivity index (χ3v) is 4.16. The Morgan fingerprint density at radius 3 is 2.44 bits per heavy atom. The summed E-state index contributed by atoms with van der Waals surface area (Å²) in [4.78, 5) is 23.8. The molecule has 1 fully saturated rings. The number of nitrogens with zero attached hydrogens (tertiary/aromatic N) is 4. The summed E-state index contributed by atoms with van der Waals surface area (Å²) < 4.78 is 0. The number of nitrogens with two attached hydrogens (primary N) is 3. The van der Waals surface area contributed by atoms with Gasteiger partial charge in [0.15, 0.2) is 5.96 Å². The third kappa shape index (κ3) is 5.25. The summed E-state index contributed by atoms with van der Waals surface area (Å²) in [7, 11) is 0. The van der Waals surface area contributed by atoms with E-state index in [1.807, 2.05) is 17.9 Å². The lowest BCUT2D eigenvalue weighted by molar-refractivity contribution is -0.131. The van der Waals surface area contributed by atoms with Gasteiger partial charge in [0.25, 0.3) is 0 Å². The largest absolute Gasteiger partial charge is 0.370 e. The first kappa shape index (κ1) is 18.9. The number of hydrogen-bond donors (Lipinski definition) is 3. The van der Waals surface area contributed by atoms with Crippen LogP contribution < -0.4 is 22.1 Å². The Labute approximate surface area is 152 Å². The van der Waals surface area contributed by atoms with Crippen LogP contribution in [0.5, 0.6) is 0 Å². The molecule has 25 heavy (non-hydrogen) atoms. The van der Waals surface area contributed by atoms with Crippen molar-refractivity contribution in [2.24, 2.45) is 27.2 Å². The van der Waals surface area contributed by atoms with Crippen molar-refractivity contribution in [2.45, 2.75) is 19.8 Å². The van der Waals surface area contributed by atoms with Crippen LogP contribution in [0.2, 0.25) is 5.02 Å². The zero-order valence-corrected chi connectivity index (χ0v) is 15.0. The van der Waals surface area contributed by atoms with Gasteiger partial charge in [-0.15, -0.1) is 0 Å². The Morgan fingerprint density at radius 1 is 1.20 bits per heavy atom. The van der Waals surface area contributed by atoms with Crippen LogP contribution in [0.25, 0.3) is 0 Å². The molecule has 0 atom stereocenters. The fraction of sp³-hybridized carbons (Fsp3) is 0.438. The van der Waals surface area contributed by atoms with Crippen molar-refractivity contribution in [3.63, 3.8) is 0 Å². The lowest BCUT2D eigenvalue weighted by Crippen LogP contribution is -2.48. The third-order valence-electron chi connectivity index (χ3n) is 3.86. The number of carbonyl (C=O) groups excluding carboxylic acids is 1. The van der Waals surface area contributed by atoms with Gasteiger partial charge < -0.3 is 27.0 Å². The lowest BCUT2D eigenvalue weighted by atomic mass is 10.2. The SMILES string of the molecule is CCCC(=O)N1CCN(c2ccc(N=C(N)N=C(N)N)cc2Cl)CC1. The van der Waals surface area contributed by atoms with E-state index < -0.39 is 0 Å². The summed E-state index contributed by atoms with van der Waals surface area (Å²) in [6, 6.07) is 5.39. The highest BCUT2D eigenvalue weighted by atomic mass is 35.5. The van der Waals surface area contributed by atoms with Gasteiger partial charge in [-0.1, -0.05) is 18.5 Å². The predicted molar refractivity (Wildman–Crippen MR) is 102 cm³/mol. The van der Waals surface area contributed by atoms with Crippen LogP contribution in [0, 0.1) is 0 Å². The van der Waals surface area contributed by atoms with Gasteiger partial charge >= 0.3 is 0 Å². The Bertz CT molecular complexity index is 677. The number of rotatable bonds is 4. The Balaban J connectivity index is 2.05. The molecule has 8 nitrogen and oxygen atoms in total. The van der Waals surface area contributed by atoms with Crippen molar-refractivity contribution in [1.29, 1.82) is 0 Å². The zero-order chi connectivity index (χ0) is 18.4. The minimum absolute atomic E-state index is 0.0353. The van der Waals surface area contributed by atoms with E-state index >= 15 is 0 Å². The van der Waals surface area contributed by atoms with Crippen LogP contribution in [-0.2, 0) is 4.79 Å². The van der Waals surface area contributed by atoms with Crippen LogP contribution >= 0.6 is 11.6 Å². The Morgan fingerprint density at radius 2 is 1.88 bits per heavy atom. The molecule has 0 radical (unpaired) electrons. The van der Waals surface area contributed by atoms with Crippen molar-refractivity contribution >= 4 is 40.8 Å². The fourth-order valence-corrected chi connectivity index (χ4v) is 2.97. The first-order valence-electron chi connectivity index (χ1n) is 8.16. The van der Waals surface area contributed by atoms with E-state index in [2.05, 4.69) is 14.9 Å². The summed E-state index contributed by atoms with van der Waals surface area (Å²) in [6.45, 7) is 4.90. The van der Waals surface area contributed by atoms with E-state index in [0.29, 0.717) is 30.2 Å². The molecule has 0 saturated carbocycles. The molecule has 1 aromatic carbocycles. The molecule has 0 bridgehead atoms. The van der Waals surface area contributed by atoms with Crippen molar-refractivity contribution in [3.8, 4) is 0 Å². The molecule has 1 amide bonds. The fourth-order valence-electron chi connectivity index (χ4n) is 2.68. The minimum atomic E-state index is -0.153. The first-order chi connectivity index (χ1) is 11.9. The number of halogens is 1. The maximum absolute atomic E-state index is 12.0. The Hall–Kier alpha value is -2.48. The monoisotopic (exact) mass is 365 g/mol. The number of anilines is 1. The molecule has 1 saturated heterocycles. The second-order valence-corrected chi connectivity index (χ2v) is 6.17. The standard InChI is InChI=1S/C16H24ClN7O/c1-2-3-14(25)24-8-6-23(7-9-24)13-5-4-11(10-12(13)17)21-16(20)22-15(18)19/h4-5,10H,2-3,6-9H2,1H3,(H6,18,19,20,21,22). The van der Waals surface area contributed by atoms with E-state index in [4.69, 9.17) is 28.8 Å². The van der Waals surface area contributed by atoms with Crippen molar-refractivity contribution in [1.82, 2.24) is 4.90 Å². The van der Waals surface area contributed by atoms with Crippen molar-refractivity contribution in [2.75, 3.05) is 31.1 Å². The summed E-state index contributed by atoms with van der Waals surface area (Å²) in [5, 5.41) is 0.562. The topological polar surface area (TPSA) is 126 Å². The molecular weight excluding hydrogens is 342 g/mol. The summed E-state index contributed by atoms with van der Waals surface area (Å²) in [5.74, 6) is 0.0273. The average molecular weight is 366 g/mol. The van der Waals surface area contributed by atoms with Crippen LogP contribution in [0.1, 0.15) is 19.8 Å². The molecule has 1 aliphatic heterocycles. The molecule has 9 heteroatoms. The van der Waals surface area contributed by atoms with Gasteiger partial charge in [0.2, 0.25) is 11.9 Å². The van der Waals surface area contributed by atoms with E-state index in [9.17, 15) is 4.79 Å². The van der Waals surface area contributed by atoms with E-state index in [0.717, 1.165) is 25.2 Å². The smallest absolute Gasteiger partial charge is 0.223 e. The van der Waals surface area contributed by atoms with E-state index in [1.54, 1.807) is 12.1 Å². The molecule has 0 aromatic heterocycles. The average Bonchev–Trinajstić information content (AvgIpc) is 2.54. The van der Waals surface area contributed by atoms with Gasteiger partial charge in [0.05, 0.1) is 16.4 Å². The van der Waals surface area contributed by atoms with E-state index in [-0.39, 0.29) is 17.8 Å². The summed E-state index contributed by atoms with van der Waals surface area (Å²) in [5.41, 5.74) is 17.6. The molecule has 1 aromatic rings. The van der Waals surface area contributed by atoms with Gasteiger partial charge in [-0.05, 0) is 24.6 Å². The molecule has 1 heterocycles. The van der Waals surface area contributed by atoms with E-state index in [1.165, 1.54) is 0 Å². The van der Waals surface area contributed by atoms with Crippen LogP contribution in [0.15, 0.2) is 28.2 Å². The second-order valence-electron chi connectivity index (χ2n) is 5.76. The molecular formula is C16H24ClN7O. The first-order valence-corrected chi connectivity index (χ1v) is 8.54. The lowest BCUT2D eigenvalue weighted by Gasteiger charge is -2.36. The second kappa shape index (κ2) is 8.57. The zero-order valence-electron chi connectivity index (χ0n) is 14.3. The van der Waals surface area contributed by atoms with Crippen LogP contribution in [0.3, 0.4) is 0 Å². The highest BCUT2D eigenvalue weighted by Gasteiger charge is 2.21. The number of benzene rings is 1. The molecule has 6 N–H and O–H groups in total. The maximum Gasteiger partial charge on any atom is 0.223 e. The van der Waals surface area contributed by atoms with Crippen molar-refractivity contribution in [3.05, 3.63) is 23.2 Å². The highest BCUT2D eigenvalue weighted by Crippen LogP contribution is 2.30. The number of hydrogen-bond acceptors (Lipinski definition) is 3. The number of guanidine groups is 2. The highest BCUT2D eigenvalue weighted by molar-refractivity contribution is 6.33. The number of piperazine rings is 1. The minimum Gasteiger partial charge on any atom is -0.370 e. The molecule has 2 rings (SSSR count). The van der Waals surface area contributed by atoms with Gasteiger partial charge in [0, 0.05) is 32.6 Å². The Kier molecular flexibility index (Phi) is 6.46. The predicted octanol–water partition coefficient (Wildman–Crippen LogP) is 1.01. The summed E-state index contributed by atoms with van der Waals surface area (Å²) >= 11 is 6.38. The molecule has 136 valence electrons. The van der Waals surface area contributed by atoms with Gasteiger partial charge in [-0.25, -0.2) is 4.99 Å². The van der Waals surface area contributed by atoms with Gasteiger partial charge in [0.1, 0.15) is 0 Å². The summed E-state index contributed by atoms with van der Waals surface area (Å²) in [6.07, 6.45) is 1.47.